The molecule has 0 saturated heterocycles. The van der Waals surface area contributed by atoms with Gasteiger partial charge in [0, 0.05) is 0 Å². The van der Waals surface area contributed by atoms with Gasteiger partial charge in [-0.05, 0) is 24.3 Å². The Kier molecular flexibility index (Phi) is 3.54. The molecular formula is C12H15NOS. The van der Waals surface area contributed by atoms with E-state index in [1.807, 2.05) is 32.2 Å². The van der Waals surface area contributed by atoms with Gasteiger partial charge in [0.25, 0.3) is 5.91 Å². The first-order valence-electron chi connectivity index (χ1n) is 4.83. The average Bonchev–Trinajstić information content (AvgIpc) is 2.70. The third kappa shape index (κ3) is 2.60. The van der Waals surface area contributed by atoms with E-state index in [9.17, 15) is 4.79 Å². The van der Waals surface area contributed by atoms with Crippen LogP contribution in [0.15, 0.2) is 17.5 Å². The molecule has 1 heterocycles. The Hall–Kier alpha value is -1.27. The number of thiophene rings is 1. The van der Waals surface area contributed by atoms with Gasteiger partial charge in [0.05, 0.1) is 4.88 Å². The van der Waals surface area contributed by atoms with Crippen LogP contribution >= 0.6 is 11.3 Å². The molecule has 1 rings (SSSR count). The molecular weight excluding hydrogens is 206 g/mol. The van der Waals surface area contributed by atoms with E-state index in [-0.39, 0.29) is 11.8 Å². The molecule has 1 aromatic rings. The molecule has 0 unspecified atom stereocenters. The molecule has 1 atom stereocenters. The van der Waals surface area contributed by atoms with Crippen LogP contribution in [-0.2, 0) is 0 Å². The van der Waals surface area contributed by atoms with Crippen LogP contribution in [0.25, 0.3) is 0 Å². The van der Waals surface area contributed by atoms with Crippen molar-refractivity contribution in [2.75, 3.05) is 0 Å². The molecule has 0 bridgehead atoms. The Morgan fingerprint density at radius 3 is 2.73 bits per heavy atom. The van der Waals surface area contributed by atoms with E-state index in [4.69, 9.17) is 6.42 Å². The summed E-state index contributed by atoms with van der Waals surface area (Å²) in [5, 5.41) is 4.75. The molecule has 80 valence electrons. The van der Waals surface area contributed by atoms with Crippen LogP contribution in [-0.4, -0.2) is 11.4 Å². The van der Waals surface area contributed by atoms with Crippen LogP contribution in [0.3, 0.4) is 0 Å². The minimum atomic E-state index is -0.582. The van der Waals surface area contributed by atoms with Crippen molar-refractivity contribution in [1.82, 2.24) is 5.32 Å². The molecule has 0 fully saturated rings. The second-order valence-corrected chi connectivity index (χ2v) is 4.88. The van der Waals surface area contributed by atoms with Gasteiger partial charge in [-0.1, -0.05) is 25.8 Å². The van der Waals surface area contributed by atoms with E-state index in [1.165, 1.54) is 11.3 Å². The van der Waals surface area contributed by atoms with Crippen LogP contribution < -0.4 is 5.32 Å². The maximum absolute atomic E-state index is 11.8. The predicted octanol–water partition coefficient (Wildman–Crippen LogP) is 2.53. The van der Waals surface area contributed by atoms with Gasteiger partial charge < -0.3 is 5.32 Å². The summed E-state index contributed by atoms with van der Waals surface area (Å²) in [7, 11) is 0. The second kappa shape index (κ2) is 4.50. The fraction of sp³-hybridized carbons (Fsp3) is 0.417. The quantitative estimate of drug-likeness (QED) is 0.781. The van der Waals surface area contributed by atoms with E-state index in [1.54, 1.807) is 6.07 Å². The van der Waals surface area contributed by atoms with Gasteiger partial charge in [-0.25, -0.2) is 0 Å². The molecule has 0 saturated carbocycles. The number of carbonyl (C=O) groups is 1. The topological polar surface area (TPSA) is 29.1 Å². The van der Waals surface area contributed by atoms with Crippen molar-refractivity contribution in [1.29, 1.82) is 0 Å². The van der Waals surface area contributed by atoms with E-state index in [2.05, 4.69) is 11.2 Å². The largest absolute Gasteiger partial charge is 0.335 e. The molecule has 0 aliphatic heterocycles. The smallest absolute Gasteiger partial charge is 0.262 e. The SMILES string of the molecule is C#C[C@@](C)(NC(=O)c1cccs1)C(C)C. The van der Waals surface area contributed by atoms with Crippen molar-refractivity contribution in [3.05, 3.63) is 22.4 Å². The van der Waals surface area contributed by atoms with Crippen LogP contribution in [0.5, 0.6) is 0 Å². The zero-order valence-corrected chi connectivity index (χ0v) is 10.0. The summed E-state index contributed by atoms with van der Waals surface area (Å²) in [5.74, 6) is 2.75. The minimum Gasteiger partial charge on any atom is -0.335 e. The Morgan fingerprint density at radius 1 is 1.67 bits per heavy atom. The number of rotatable bonds is 3. The number of nitrogens with one attached hydrogen (secondary N) is 1. The highest BCUT2D eigenvalue weighted by Crippen LogP contribution is 2.17. The first-order valence-corrected chi connectivity index (χ1v) is 5.71. The van der Waals surface area contributed by atoms with Crippen molar-refractivity contribution in [2.24, 2.45) is 5.92 Å². The van der Waals surface area contributed by atoms with Gasteiger partial charge in [-0.2, -0.15) is 0 Å². The first kappa shape index (κ1) is 11.8. The maximum atomic E-state index is 11.8. The molecule has 3 heteroatoms. The summed E-state index contributed by atoms with van der Waals surface area (Å²) < 4.78 is 0. The fourth-order valence-electron chi connectivity index (χ4n) is 1.05. The van der Waals surface area contributed by atoms with Gasteiger partial charge in [-0.3, -0.25) is 4.79 Å². The highest BCUT2D eigenvalue weighted by atomic mass is 32.1. The van der Waals surface area contributed by atoms with Crippen molar-refractivity contribution in [3.8, 4) is 12.3 Å². The minimum absolute atomic E-state index is 0.0980. The van der Waals surface area contributed by atoms with Crippen molar-refractivity contribution >= 4 is 17.2 Å². The normalized spacial score (nSPS) is 14.3. The third-order valence-electron chi connectivity index (χ3n) is 2.57. The van der Waals surface area contributed by atoms with E-state index in [0.717, 1.165) is 0 Å². The molecule has 1 aromatic heterocycles. The zero-order valence-electron chi connectivity index (χ0n) is 9.20. The van der Waals surface area contributed by atoms with Gasteiger partial charge >= 0.3 is 0 Å². The highest BCUT2D eigenvalue weighted by Gasteiger charge is 2.28. The number of amides is 1. The number of carbonyl (C=O) groups excluding carboxylic acids is 1. The standard InChI is InChI=1S/C12H15NOS/c1-5-12(4,9(2)3)13-11(14)10-7-6-8-15-10/h1,6-9H,2-4H3,(H,13,14)/t12-/m1/s1. The van der Waals surface area contributed by atoms with Crippen molar-refractivity contribution in [3.63, 3.8) is 0 Å². The maximum Gasteiger partial charge on any atom is 0.262 e. The molecule has 0 aliphatic rings. The number of hydrogen-bond donors (Lipinski definition) is 1. The molecule has 1 N–H and O–H groups in total. The number of hydrogen-bond acceptors (Lipinski definition) is 2. The van der Waals surface area contributed by atoms with Crippen molar-refractivity contribution in [2.45, 2.75) is 26.3 Å². The van der Waals surface area contributed by atoms with Crippen LogP contribution in [0.1, 0.15) is 30.4 Å². The van der Waals surface area contributed by atoms with Crippen LogP contribution in [0, 0.1) is 18.3 Å². The van der Waals surface area contributed by atoms with Gasteiger partial charge in [0.15, 0.2) is 0 Å². The van der Waals surface area contributed by atoms with Gasteiger partial charge in [0.2, 0.25) is 0 Å². The predicted molar refractivity (Wildman–Crippen MR) is 63.9 cm³/mol. The van der Waals surface area contributed by atoms with Gasteiger partial charge in [0.1, 0.15) is 5.54 Å². The van der Waals surface area contributed by atoms with E-state index in [0.29, 0.717) is 4.88 Å². The fourth-order valence-corrected chi connectivity index (χ4v) is 1.67. The lowest BCUT2D eigenvalue weighted by Gasteiger charge is -2.29. The van der Waals surface area contributed by atoms with E-state index < -0.39 is 5.54 Å². The lowest BCUT2D eigenvalue weighted by atomic mass is 9.89. The number of terminal acetylenes is 1. The average molecular weight is 221 g/mol. The third-order valence-corrected chi connectivity index (χ3v) is 3.44. The molecule has 0 aliphatic carbocycles. The summed E-state index contributed by atoms with van der Waals surface area (Å²) in [6, 6.07) is 3.64. The highest BCUT2D eigenvalue weighted by molar-refractivity contribution is 7.12. The Balaban J connectivity index is 2.78. The summed E-state index contributed by atoms with van der Waals surface area (Å²) in [4.78, 5) is 12.5. The Bertz CT molecular complexity index is 375. The summed E-state index contributed by atoms with van der Waals surface area (Å²) in [6.07, 6.45) is 5.45. The van der Waals surface area contributed by atoms with Crippen molar-refractivity contribution < 1.29 is 4.79 Å². The van der Waals surface area contributed by atoms with Gasteiger partial charge in [-0.15, -0.1) is 17.8 Å². The summed E-state index contributed by atoms with van der Waals surface area (Å²) in [6.45, 7) is 5.85. The monoisotopic (exact) mass is 221 g/mol. The van der Waals surface area contributed by atoms with Crippen LogP contribution in [0.2, 0.25) is 0 Å². The first-order chi connectivity index (χ1) is 6.99. The molecule has 0 radical (unpaired) electrons. The zero-order chi connectivity index (χ0) is 11.5. The van der Waals surface area contributed by atoms with E-state index >= 15 is 0 Å². The summed E-state index contributed by atoms with van der Waals surface area (Å²) >= 11 is 1.41. The second-order valence-electron chi connectivity index (χ2n) is 3.93. The lowest BCUT2D eigenvalue weighted by Crippen LogP contribution is -2.48. The lowest BCUT2D eigenvalue weighted by molar-refractivity contribution is 0.0913. The van der Waals surface area contributed by atoms with Crippen LogP contribution in [0.4, 0.5) is 0 Å². The Morgan fingerprint density at radius 2 is 2.33 bits per heavy atom. The Labute approximate surface area is 94.7 Å². The molecule has 1 amide bonds. The molecule has 2 nitrogen and oxygen atoms in total. The summed E-state index contributed by atoms with van der Waals surface area (Å²) in [5.41, 5.74) is -0.582. The molecule has 0 aromatic carbocycles. The molecule has 0 spiro atoms. The molecule has 15 heavy (non-hydrogen) atoms.